The number of fused-ring (bicyclic) bond motifs is 1. The number of hydrogen-bond acceptors (Lipinski definition) is 4. The van der Waals surface area contributed by atoms with Gasteiger partial charge in [0.25, 0.3) is 11.5 Å². The second kappa shape index (κ2) is 5.16. The lowest BCUT2D eigenvalue weighted by Gasteiger charge is -2.06. The highest BCUT2D eigenvalue weighted by Gasteiger charge is 2.14. The lowest BCUT2D eigenvalue weighted by atomic mass is 10.1. The van der Waals surface area contributed by atoms with Gasteiger partial charge in [-0.3, -0.25) is 9.59 Å². The van der Waals surface area contributed by atoms with Gasteiger partial charge in [-0.1, -0.05) is 24.3 Å². The molecule has 0 bridgehead atoms. The fraction of sp³-hybridized carbons (Fsp3) is 0.0667. The van der Waals surface area contributed by atoms with Crippen LogP contribution in [0.3, 0.4) is 0 Å². The van der Waals surface area contributed by atoms with Crippen molar-refractivity contribution in [2.24, 2.45) is 0 Å². The van der Waals surface area contributed by atoms with E-state index in [1.165, 1.54) is 0 Å². The van der Waals surface area contributed by atoms with Crippen LogP contribution in [0.15, 0.2) is 47.4 Å². The summed E-state index contributed by atoms with van der Waals surface area (Å²) in [6.07, 6.45) is 1.66. The molecule has 2 N–H and O–H groups in total. The molecule has 0 fully saturated rings. The van der Waals surface area contributed by atoms with Crippen LogP contribution < -0.4 is 10.9 Å². The van der Waals surface area contributed by atoms with Gasteiger partial charge in [0, 0.05) is 11.6 Å². The molecule has 0 aliphatic carbocycles. The Bertz CT molecular complexity index is 869. The number of hydrogen-bond donors (Lipinski definition) is 2. The largest absolute Gasteiger partial charge is 0.305 e. The molecule has 0 aliphatic heterocycles. The van der Waals surface area contributed by atoms with E-state index >= 15 is 0 Å². The van der Waals surface area contributed by atoms with Crippen LogP contribution in [0.2, 0.25) is 0 Å². The molecule has 0 atom stereocenters. The Labute approximate surface area is 119 Å². The lowest BCUT2D eigenvalue weighted by molar-refractivity contribution is 0.102. The standard InChI is InChI=1S/C15H12N4O2/c1-9-6-7-12(16-8-9)17-15(21)13-10-4-2-3-5-11(10)14(20)19-18-13/h2-8H,1H3,(H,19,20)(H,16,17,21). The molecule has 6 heteroatoms. The Kier molecular flexibility index (Phi) is 3.19. The van der Waals surface area contributed by atoms with Gasteiger partial charge >= 0.3 is 0 Å². The van der Waals surface area contributed by atoms with Crippen LogP contribution in [0.4, 0.5) is 5.82 Å². The van der Waals surface area contributed by atoms with Crippen molar-refractivity contribution >= 4 is 22.5 Å². The first-order chi connectivity index (χ1) is 10.1. The normalized spacial score (nSPS) is 10.5. The highest BCUT2D eigenvalue weighted by atomic mass is 16.2. The van der Waals surface area contributed by atoms with Crippen molar-refractivity contribution < 1.29 is 4.79 Å². The van der Waals surface area contributed by atoms with Crippen molar-refractivity contribution in [2.45, 2.75) is 6.92 Å². The van der Waals surface area contributed by atoms with Gasteiger partial charge in [0.1, 0.15) is 5.82 Å². The van der Waals surface area contributed by atoms with Crippen molar-refractivity contribution in [3.05, 3.63) is 64.2 Å². The minimum absolute atomic E-state index is 0.160. The molecule has 0 saturated carbocycles. The summed E-state index contributed by atoms with van der Waals surface area (Å²) in [5.74, 6) is 0.0153. The number of carbonyl (C=O) groups excluding carboxylic acids is 1. The summed E-state index contributed by atoms with van der Waals surface area (Å²) in [5, 5.41) is 9.77. The van der Waals surface area contributed by atoms with Gasteiger partial charge in [-0.25, -0.2) is 10.1 Å². The molecule has 1 amide bonds. The van der Waals surface area contributed by atoms with Crippen LogP contribution in [-0.2, 0) is 0 Å². The number of aromatic nitrogens is 3. The Morgan fingerprint density at radius 1 is 1.14 bits per heavy atom. The first-order valence-corrected chi connectivity index (χ1v) is 6.36. The minimum Gasteiger partial charge on any atom is -0.305 e. The molecule has 1 aromatic carbocycles. The van der Waals surface area contributed by atoms with Gasteiger partial charge in [0.05, 0.1) is 5.39 Å². The zero-order valence-electron chi connectivity index (χ0n) is 11.3. The summed E-state index contributed by atoms with van der Waals surface area (Å²) in [5.41, 5.74) is 0.837. The van der Waals surface area contributed by atoms with E-state index in [1.54, 1.807) is 36.5 Å². The third-order valence-electron chi connectivity index (χ3n) is 3.06. The van der Waals surface area contributed by atoms with Gasteiger partial charge in [-0.15, -0.1) is 0 Å². The summed E-state index contributed by atoms with van der Waals surface area (Å²) in [4.78, 5) is 28.1. The number of nitrogens with zero attached hydrogens (tertiary/aromatic N) is 2. The van der Waals surface area contributed by atoms with E-state index in [9.17, 15) is 9.59 Å². The van der Waals surface area contributed by atoms with Crippen LogP contribution in [0.25, 0.3) is 10.8 Å². The fourth-order valence-electron chi connectivity index (χ4n) is 2.01. The second-order valence-electron chi connectivity index (χ2n) is 4.62. The highest BCUT2D eigenvalue weighted by Crippen LogP contribution is 2.14. The van der Waals surface area contributed by atoms with Crippen LogP contribution in [0, 0.1) is 6.92 Å². The molecule has 104 valence electrons. The molecule has 0 unspecified atom stereocenters. The van der Waals surface area contributed by atoms with Gasteiger partial charge in [-0.05, 0) is 24.6 Å². The zero-order valence-corrected chi connectivity index (χ0v) is 11.3. The first kappa shape index (κ1) is 13.0. The van der Waals surface area contributed by atoms with Crippen molar-refractivity contribution in [3.8, 4) is 0 Å². The predicted molar refractivity (Wildman–Crippen MR) is 79.3 cm³/mol. The molecule has 0 radical (unpaired) electrons. The molecule has 0 saturated heterocycles. The van der Waals surface area contributed by atoms with E-state index in [-0.39, 0.29) is 11.3 Å². The van der Waals surface area contributed by atoms with E-state index in [0.29, 0.717) is 16.6 Å². The molecule has 0 aliphatic rings. The Morgan fingerprint density at radius 3 is 2.62 bits per heavy atom. The molecule has 3 aromatic rings. The number of nitrogens with one attached hydrogen (secondary N) is 2. The summed E-state index contributed by atoms with van der Waals surface area (Å²) < 4.78 is 0. The molecule has 21 heavy (non-hydrogen) atoms. The minimum atomic E-state index is -0.418. The van der Waals surface area contributed by atoms with Crippen molar-refractivity contribution in [2.75, 3.05) is 5.32 Å². The van der Waals surface area contributed by atoms with Gasteiger partial charge < -0.3 is 5.32 Å². The van der Waals surface area contributed by atoms with E-state index in [0.717, 1.165) is 5.56 Å². The van der Waals surface area contributed by atoms with E-state index in [1.807, 2.05) is 13.0 Å². The van der Waals surface area contributed by atoms with E-state index < -0.39 is 5.91 Å². The quantitative estimate of drug-likeness (QED) is 0.750. The molecular formula is C15H12N4O2. The fourth-order valence-corrected chi connectivity index (χ4v) is 2.01. The van der Waals surface area contributed by atoms with Crippen LogP contribution >= 0.6 is 0 Å². The number of rotatable bonds is 2. The Hall–Kier alpha value is -3.02. The molecular weight excluding hydrogens is 268 g/mol. The lowest BCUT2D eigenvalue weighted by Crippen LogP contribution is -2.19. The monoisotopic (exact) mass is 280 g/mol. The molecule has 0 spiro atoms. The second-order valence-corrected chi connectivity index (χ2v) is 4.62. The molecule has 6 nitrogen and oxygen atoms in total. The molecule has 3 rings (SSSR count). The smallest absolute Gasteiger partial charge is 0.277 e. The molecule has 2 heterocycles. The maximum absolute atomic E-state index is 12.3. The van der Waals surface area contributed by atoms with E-state index in [2.05, 4.69) is 20.5 Å². The van der Waals surface area contributed by atoms with Crippen LogP contribution in [0.1, 0.15) is 16.1 Å². The highest BCUT2D eigenvalue weighted by molar-refractivity contribution is 6.10. The number of aryl methyl sites for hydroxylation is 1. The number of pyridine rings is 1. The maximum Gasteiger partial charge on any atom is 0.277 e. The molecule has 2 aromatic heterocycles. The summed E-state index contributed by atoms with van der Waals surface area (Å²) >= 11 is 0. The first-order valence-electron chi connectivity index (χ1n) is 6.36. The Balaban J connectivity index is 2.00. The topological polar surface area (TPSA) is 87.7 Å². The third kappa shape index (κ3) is 2.51. The van der Waals surface area contributed by atoms with Gasteiger partial charge in [-0.2, -0.15) is 5.10 Å². The van der Waals surface area contributed by atoms with Crippen molar-refractivity contribution in [1.82, 2.24) is 15.2 Å². The zero-order chi connectivity index (χ0) is 14.8. The maximum atomic E-state index is 12.3. The average Bonchev–Trinajstić information content (AvgIpc) is 2.50. The van der Waals surface area contributed by atoms with Gasteiger partial charge in [0.2, 0.25) is 0 Å². The van der Waals surface area contributed by atoms with E-state index in [4.69, 9.17) is 0 Å². The van der Waals surface area contributed by atoms with Gasteiger partial charge in [0.15, 0.2) is 5.69 Å². The average molecular weight is 280 g/mol. The number of anilines is 1. The number of carbonyl (C=O) groups is 1. The van der Waals surface area contributed by atoms with Crippen molar-refractivity contribution in [3.63, 3.8) is 0 Å². The summed E-state index contributed by atoms with van der Waals surface area (Å²) in [7, 11) is 0. The SMILES string of the molecule is Cc1ccc(NC(=O)c2n[nH]c(=O)c3ccccc23)nc1. The number of benzene rings is 1. The number of H-pyrrole nitrogens is 1. The van der Waals surface area contributed by atoms with Crippen molar-refractivity contribution in [1.29, 1.82) is 0 Å². The number of amides is 1. The van der Waals surface area contributed by atoms with Crippen LogP contribution in [-0.4, -0.2) is 21.1 Å². The third-order valence-corrected chi connectivity index (χ3v) is 3.06. The predicted octanol–water partition coefficient (Wildman–Crippen LogP) is 1.88. The number of aromatic amines is 1. The summed E-state index contributed by atoms with van der Waals surface area (Å²) in [6, 6.07) is 10.4. The van der Waals surface area contributed by atoms with Crippen LogP contribution in [0.5, 0.6) is 0 Å². The summed E-state index contributed by atoms with van der Waals surface area (Å²) in [6.45, 7) is 1.91. The Morgan fingerprint density at radius 2 is 1.90 bits per heavy atom.